The fraction of sp³-hybridized carbons (Fsp3) is 0.250. The highest BCUT2D eigenvalue weighted by Gasteiger charge is 2.28. The summed E-state index contributed by atoms with van der Waals surface area (Å²) < 4.78 is 11.2. The molecule has 5 nitrogen and oxygen atoms in total. The quantitative estimate of drug-likeness (QED) is 0.724. The Balaban J connectivity index is 1.58. The van der Waals surface area contributed by atoms with Crippen molar-refractivity contribution in [1.82, 2.24) is 5.32 Å². The van der Waals surface area contributed by atoms with Gasteiger partial charge in [0.25, 0.3) is 5.91 Å². The van der Waals surface area contributed by atoms with Gasteiger partial charge in [0.2, 0.25) is 0 Å². The van der Waals surface area contributed by atoms with Crippen LogP contribution in [-0.2, 0) is 10.4 Å². The highest BCUT2D eigenvalue weighted by atomic mass is 16.5. The number of hydrogen-bond donors (Lipinski definition) is 2. The van der Waals surface area contributed by atoms with Crippen molar-refractivity contribution in [1.29, 1.82) is 0 Å². The molecule has 2 aromatic carbocycles. The fourth-order valence-corrected chi connectivity index (χ4v) is 2.52. The van der Waals surface area contributed by atoms with Crippen LogP contribution in [0.5, 0.6) is 5.75 Å². The van der Waals surface area contributed by atoms with Crippen LogP contribution >= 0.6 is 0 Å². The topological polar surface area (TPSA) is 71.7 Å². The third kappa shape index (κ3) is 4.00. The first-order valence-electron chi connectivity index (χ1n) is 8.12. The summed E-state index contributed by atoms with van der Waals surface area (Å²) in [7, 11) is 0. The van der Waals surface area contributed by atoms with Gasteiger partial charge in [-0.2, -0.15) is 0 Å². The fourth-order valence-electron chi connectivity index (χ4n) is 2.52. The molecular weight excluding hydrogens is 318 g/mol. The van der Waals surface area contributed by atoms with Gasteiger partial charge in [-0.1, -0.05) is 36.4 Å². The first-order chi connectivity index (χ1) is 12.0. The molecule has 0 aliphatic heterocycles. The smallest absolute Gasteiger partial charge is 0.258 e. The number of ether oxygens (including phenoxy) is 1. The Morgan fingerprint density at radius 2 is 1.92 bits per heavy atom. The minimum Gasteiger partial charge on any atom is -0.484 e. The van der Waals surface area contributed by atoms with E-state index < -0.39 is 5.60 Å². The van der Waals surface area contributed by atoms with Gasteiger partial charge in [-0.05, 0) is 37.6 Å². The van der Waals surface area contributed by atoms with Crippen molar-refractivity contribution < 1.29 is 19.1 Å². The molecule has 1 heterocycles. The van der Waals surface area contributed by atoms with E-state index in [0.29, 0.717) is 17.1 Å². The number of aryl methyl sites for hydroxylation is 1. The molecular formula is C20H21NO4. The number of carbonyl (C=O) groups is 1. The summed E-state index contributed by atoms with van der Waals surface area (Å²) in [4.78, 5) is 12.0. The van der Waals surface area contributed by atoms with Crippen LogP contribution < -0.4 is 10.1 Å². The molecule has 3 aromatic rings. The van der Waals surface area contributed by atoms with Gasteiger partial charge >= 0.3 is 0 Å². The maximum absolute atomic E-state index is 12.0. The molecule has 0 saturated heterocycles. The van der Waals surface area contributed by atoms with Crippen LogP contribution in [0.3, 0.4) is 0 Å². The number of rotatable bonds is 6. The molecule has 0 unspecified atom stereocenters. The summed E-state index contributed by atoms with van der Waals surface area (Å²) in [5.74, 6) is 0.773. The third-order valence-electron chi connectivity index (χ3n) is 4.04. The number of nitrogens with one attached hydrogen (secondary N) is 1. The van der Waals surface area contributed by atoms with E-state index in [-0.39, 0.29) is 19.1 Å². The van der Waals surface area contributed by atoms with Gasteiger partial charge in [0.1, 0.15) is 22.7 Å². The van der Waals surface area contributed by atoms with E-state index in [1.807, 2.05) is 55.5 Å². The summed E-state index contributed by atoms with van der Waals surface area (Å²) >= 11 is 0. The second kappa shape index (κ2) is 6.99. The molecule has 130 valence electrons. The monoisotopic (exact) mass is 339 g/mol. The standard InChI is InChI=1S/C20H21NO4/c1-14-7-3-5-9-16(14)24-12-19(22)21-13-20(2,23)18-11-15-8-4-6-10-17(15)25-18/h3-11,23H,12-13H2,1-2H3,(H,21,22)/t20-/m1/s1. The largest absolute Gasteiger partial charge is 0.484 e. The molecule has 1 aromatic heterocycles. The summed E-state index contributed by atoms with van der Waals surface area (Å²) in [6, 6.07) is 16.8. The average molecular weight is 339 g/mol. The molecule has 3 rings (SSSR count). The molecule has 2 N–H and O–H groups in total. The molecule has 0 bridgehead atoms. The second-order valence-electron chi connectivity index (χ2n) is 6.25. The highest BCUT2D eigenvalue weighted by molar-refractivity contribution is 5.79. The lowest BCUT2D eigenvalue weighted by Gasteiger charge is -2.21. The van der Waals surface area contributed by atoms with Gasteiger partial charge in [0.05, 0.1) is 6.54 Å². The van der Waals surface area contributed by atoms with E-state index in [1.54, 1.807) is 13.0 Å². The molecule has 0 fully saturated rings. The minimum atomic E-state index is -1.31. The van der Waals surface area contributed by atoms with E-state index in [2.05, 4.69) is 5.32 Å². The Hall–Kier alpha value is -2.79. The van der Waals surface area contributed by atoms with Crippen LogP contribution in [0, 0.1) is 6.92 Å². The van der Waals surface area contributed by atoms with Gasteiger partial charge in [0, 0.05) is 5.39 Å². The summed E-state index contributed by atoms with van der Waals surface area (Å²) in [6.45, 7) is 3.44. The average Bonchev–Trinajstić information content (AvgIpc) is 3.04. The van der Waals surface area contributed by atoms with Gasteiger partial charge in [0.15, 0.2) is 6.61 Å². The number of benzene rings is 2. The maximum atomic E-state index is 12.0. The molecule has 25 heavy (non-hydrogen) atoms. The first-order valence-corrected chi connectivity index (χ1v) is 8.12. The molecule has 0 spiro atoms. The number of furan rings is 1. The second-order valence-corrected chi connectivity index (χ2v) is 6.25. The molecule has 5 heteroatoms. The Labute approximate surface area is 146 Å². The molecule has 0 aliphatic rings. The Morgan fingerprint density at radius 3 is 2.68 bits per heavy atom. The van der Waals surface area contributed by atoms with Crippen LogP contribution in [-0.4, -0.2) is 24.2 Å². The summed E-state index contributed by atoms with van der Waals surface area (Å²) in [5, 5.41) is 14.2. The van der Waals surface area contributed by atoms with Crippen molar-refractivity contribution in [2.75, 3.05) is 13.2 Å². The van der Waals surface area contributed by atoms with Crippen molar-refractivity contribution in [2.45, 2.75) is 19.4 Å². The lowest BCUT2D eigenvalue weighted by atomic mass is 10.0. The number of carbonyl (C=O) groups excluding carboxylic acids is 1. The number of amides is 1. The number of hydrogen-bond acceptors (Lipinski definition) is 4. The van der Waals surface area contributed by atoms with Gasteiger partial charge in [-0.3, -0.25) is 4.79 Å². The molecule has 1 atom stereocenters. The van der Waals surface area contributed by atoms with Gasteiger partial charge in [-0.15, -0.1) is 0 Å². The van der Waals surface area contributed by atoms with E-state index in [1.165, 1.54) is 0 Å². The van der Waals surface area contributed by atoms with Crippen molar-refractivity contribution >= 4 is 16.9 Å². The van der Waals surface area contributed by atoms with Crippen LogP contribution in [0.25, 0.3) is 11.0 Å². The van der Waals surface area contributed by atoms with E-state index >= 15 is 0 Å². The predicted molar refractivity (Wildman–Crippen MR) is 95.5 cm³/mol. The van der Waals surface area contributed by atoms with Gasteiger partial charge < -0.3 is 19.6 Å². The number of fused-ring (bicyclic) bond motifs is 1. The number of aliphatic hydroxyl groups is 1. The minimum absolute atomic E-state index is 0.0305. The Morgan fingerprint density at radius 1 is 1.20 bits per heavy atom. The van der Waals surface area contributed by atoms with Crippen molar-refractivity contribution in [3.8, 4) is 5.75 Å². The lowest BCUT2D eigenvalue weighted by molar-refractivity contribution is -0.124. The summed E-state index contributed by atoms with van der Waals surface area (Å²) in [5.41, 5.74) is 0.355. The third-order valence-corrected chi connectivity index (χ3v) is 4.04. The van der Waals surface area contributed by atoms with Crippen LogP contribution in [0.2, 0.25) is 0 Å². The van der Waals surface area contributed by atoms with E-state index in [0.717, 1.165) is 10.9 Å². The van der Waals surface area contributed by atoms with E-state index in [9.17, 15) is 9.90 Å². The van der Waals surface area contributed by atoms with Crippen LogP contribution in [0.15, 0.2) is 59.0 Å². The lowest BCUT2D eigenvalue weighted by Crippen LogP contribution is -2.40. The molecule has 1 amide bonds. The highest BCUT2D eigenvalue weighted by Crippen LogP contribution is 2.27. The predicted octanol–water partition coefficient (Wildman–Crippen LogP) is 3.14. The van der Waals surface area contributed by atoms with Crippen molar-refractivity contribution in [3.05, 3.63) is 65.9 Å². The summed E-state index contributed by atoms with van der Waals surface area (Å²) in [6.07, 6.45) is 0. The van der Waals surface area contributed by atoms with E-state index in [4.69, 9.17) is 9.15 Å². The zero-order chi connectivity index (χ0) is 17.9. The van der Waals surface area contributed by atoms with Crippen LogP contribution in [0.1, 0.15) is 18.2 Å². The number of para-hydroxylation sites is 2. The van der Waals surface area contributed by atoms with Crippen molar-refractivity contribution in [2.24, 2.45) is 0 Å². The zero-order valence-electron chi connectivity index (χ0n) is 14.3. The Bertz CT molecular complexity index is 849. The normalized spacial score (nSPS) is 13.4. The SMILES string of the molecule is Cc1ccccc1OCC(=O)NC[C@@](C)(O)c1cc2ccccc2o1. The molecule has 0 radical (unpaired) electrons. The molecule has 0 aliphatic carbocycles. The van der Waals surface area contributed by atoms with Crippen LogP contribution in [0.4, 0.5) is 0 Å². The van der Waals surface area contributed by atoms with Crippen molar-refractivity contribution in [3.63, 3.8) is 0 Å². The van der Waals surface area contributed by atoms with Gasteiger partial charge in [-0.25, -0.2) is 0 Å². The first kappa shape index (κ1) is 17.0. The Kier molecular flexibility index (Phi) is 4.76. The zero-order valence-corrected chi connectivity index (χ0v) is 14.3. The maximum Gasteiger partial charge on any atom is 0.258 e. The molecule has 0 saturated carbocycles.